The van der Waals surface area contributed by atoms with Gasteiger partial charge in [0.2, 0.25) is 0 Å². The molecule has 44 heavy (non-hydrogen) atoms. The van der Waals surface area contributed by atoms with Gasteiger partial charge in [0.05, 0.1) is 5.60 Å². The van der Waals surface area contributed by atoms with E-state index in [4.69, 9.17) is 23.7 Å². The van der Waals surface area contributed by atoms with Crippen LogP contribution in [-0.2, 0) is 47.7 Å². The van der Waals surface area contributed by atoms with Crippen molar-refractivity contribution in [3.8, 4) is 0 Å². The Labute approximate surface area is 254 Å². The fourth-order valence-corrected chi connectivity index (χ4v) is 6.62. The van der Waals surface area contributed by atoms with Gasteiger partial charge in [0.25, 0.3) is 0 Å². The molecule has 14 heteroatoms. The number of rotatable bonds is 6. The summed E-state index contributed by atoms with van der Waals surface area (Å²) < 4.78 is 28.3. The number of aliphatic hydroxyl groups excluding tert-OH is 1. The third-order valence-corrected chi connectivity index (χ3v) is 8.79. The standard InChI is InChI=1S/C30H42O14/c1-9-10-20(35)44-22-21(40-15(3)31)14(2)13-19-30(39,29(8,38)26(36)43-19)25(42-17(5)33)23-27(6,24(22)41-16(4)32)12-11-18(34)28(23,7)37/h11-13,18-19,21-25,34,37-39H,9-10H2,1-8H3/b14-13-/t18-,19+,21+,22-,23-,24+,25-,27+,28-,29-,30+/m1/s1. The Balaban J connectivity index is 2.56. The van der Waals surface area contributed by atoms with Crippen LogP contribution in [0.25, 0.3) is 0 Å². The Morgan fingerprint density at radius 3 is 1.98 bits per heavy atom. The number of fused-ring (bicyclic) bond motifs is 2. The maximum atomic E-state index is 13.1. The van der Waals surface area contributed by atoms with E-state index in [9.17, 15) is 44.4 Å². The van der Waals surface area contributed by atoms with Crippen LogP contribution in [0.2, 0.25) is 0 Å². The van der Waals surface area contributed by atoms with Gasteiger partial charge in [-0.05, 0) is 38.8 Å². The molecule has 1 aliphatic heterocycles. The van der Waals surface area contributed by atoms with E-state index < -0.39 is 94.6 Å². The minimum atomic E-state index is -2.86. The number of hydrogen-bond donors (Lipinski definition) is 4. The number of esters is 5. The van der Waals surface area contributed by atoms with Crippen molar-refractivity contribution >= 4 is 29.8 Å². The summed E-state index contributed by atoms with van der Waals surface area (Å²) in [6, 6.07) is 0. The van der Waals surface area contributed by atoms with Gasteiger partial charge in [-0.3, -0.25) is 19.2 Å². The summed E-state index contributed by atoms with van der Waals surface area (Å²) in [4.78, 5) is 63.8. The second-order valence-corrected chi connectivity index (χ2v) is 12.3. The molecule has 14 nitrogen and oxygen atoms in total. The molecule has 3 rings (SSSR count). The summed E-state index contributed by atoms with van der Waals surface area (Å²) in [7, 11) is 0. The lowest BCUT2D eigenvalue weighted by Gasteiger charge is -2.57. The monoisotopic (exact) mass is 626 g/mol. The Morgan fingerprint density at radius 2 is 1.45 bits per heavy atom. The summed E-state index contributed by atoms with van der Waals surface area (Å²) in [6.07, 6.45) is -6.44. The maximum absolute atomic E-state index is 13.1. The number of ether oxygens (including phenoxy) is 5. The van der Waals surface area contributed by atoms with Gasteiger partial charge in [-0.2, -0.15) is 0 Å². The molecule has 0 aromatic carbocycles. The van der Waals surface area contributed by atoms with Gasteiger partial charge in [-0.25, -0.2) is 4.79 Å². The van der Waals surface area contributed by atoms with Crippen LogP contribution < -0.4 is 0 Å². The predicted octanol–water partition coefficient (Wildman–Crippen LogP) is 0.165. The molecule has 0 bridgehead atoms. The van der Waals surface area contributed by atoms with Gasteiger partial charge < -0.3 is 44.1 Å². The third kappa shape index (κ3) is 5.87. The highest BCUT2D eigenvalue weighted by atomic mass is 16.6. The molecule has 3 aliphatic rings. The number of carbonyl (C=O) groups excluding carboxylic acids is 5. The van der Waals surface area contributed by atoms with Crippen molar-refractivity contribution in [1.82, 2.24) is 0 Å². The Hall–Kier alpha value is -3.33. The average molecular weight is 627 g/mol. The SMILES string of the molecule is CCCC(=O)O[C@@H]1[C@@H](OC(C)=O)/C(C)=C\[C@@H]2OC(=O)[C@@](C)(O)[C@@]2(O)[C@H](OC(C)=O)[C@H]2[C@](C)(O)[C@H](O)C=C[C@]2(C)[C@H]1OC(C)=O. The molecule has 1 saturated heterocycles. The van der Waals surface area contributed by atoms with Crippen molar-refractivity contribution in [2.75, 3.05) is 0 Å². The molecule has 246 valence electrons. The Morgan fingerprint density at radius 1 is 0.909 bits per heavy atom. The zero-order valence-corrected chi connectivity index (χ0v) is 26.1. The molecular weight excluding hydrogens is 584 g/mol. The number of carbonyl (C=O) groups is 5. The van der Waals surface area contributed by atoms with Crippen LogP contribution >= 0.6 is 0 Å². The van der Waals surface area contributed by atoms with Crippen LogP contribution in [0, 0.1) is 11.3 Å². The van der Waals surface area contributed by atoms with E-state index in [0.29, 0.717) is 6.42 Å². The minimum Gasteiger partial charge on any atom is -0.459 e. The predicted molar refractivity (Wildman–Crippen MR) is 148 cm³/mol. The highest BCUT2D eigenvalue weighted by Gasteiger charge is 2.75. The maximum Gasteiger partial charge on any atom is 0.341 e. The number of hydrogen-bond acceptors (Lipinski definition) is 14. The fourth-order valence-electron chi connectivity index (χ4n) is 6.62. The number of aliphatic hydroxyl groups is 4. The zero-order chi connectivity index (χ0) is 33.6. The van der Waals surface area contributed by atoms with Crippen LogP contribution in [0.3, 0.4) is 0 Å². The topological polar surface area (TPSA) is 212 Å². The van der Waals surface area contributed by atoms with E-state index in [0.717, 1.165) is 40.7 Å². The first-order valence-corrected chi connectivity index (χ1v) is 14.3. The molecule has 0 aromatic rings. The first-order chi connectivity index (χ1) is 20.2. The lowest BCUT2D eigenvalue weighted by atomic mass is 9.53. The summed E-state index contributed by atoms with van der Waals surface area (Å²) in [5, 5.41) is 46.8. The first-order valence-electron chi connectivity index (χ1n) is 14.3. The lowest BCUT2D eigenvalue weighted by molar-refractivity contribution is -0.264. The van der Waals surface area contributed by atoms with Crippen LogP contribution in [0.15, 0.2) is 23.8 Å². The molecule has 2 aliphatic carbocycles. The molecule has 0 saturated carbocycles. The van der Waals surface area contributed by atoms with Gasteiger partial charge in [0.1, 0.15) is 12.2 Å². The van der Waals surface area contributed by atoms with Crippen LogP contribution in [-0.4, -0.2) is 104 Å². The third-order valence-electron chi connectivity index (χ3n) is 8.79. The summed E-state index contributed by atoms with van der Waals surface area (Å²) in [5.74, 6) is -6.54. The molecular formula is C30H42O14. The molecule has 4 N–H and O–H groups in total. The van der Waals surface area contributed by atoms with Gasteiger partial charge in [-0.15, -0.1) is 0 Å². The molecule has 0 spiro atoms. The lowest BCUT2D eigenvalue weighted by Crippen LogP contribution is -2.74. The fraction of sp³-hybridized carbons (Fsp3) is 0.700. The van der Waals surface area contributed by atoms with Gasteiger partial charge in [0.15, 0.2) is 35.6 Å². The molecule has 0 radical (unpaired) electrons. The molecule has 0 aromatic heterocycles. The van der Waals surface area contributed by atoms with Crippen molar-refractivity contribution in [3.63, 3.8) is 0 Å². The van der Waals surface area contributed by atoms with E-state index in [2.05, 4.69) is 0 Å². The summed E-state index contributed by atoms with van der Waals surface area (Å²) in [6.45, 7) is 9.76. The van der Waals surface area contributed by atoms with Gasteiger partial charge in [0, 0.05) is 38.5 Å². The smallest absolute Gasteiger partial charge is 0.341 e. The first kappa shape index (κ1) is 35.2. The Kier molecular flexibility index (Phi) is 9.76. The van der Waals surface area contributed by atoms with Gasteiger partial charge >= 0.3 is 29.8 Å². The molecule has 0 unspecified atom stereocenters. The van der Waals surface area contributed by atoms with Crippen LogP contribution in [0.5, 0.6) is 0 Å². The molecule has 0 amide bonds. The van der Waals surface area contributed by atoms with Gasteiger partial charge in [-0.1, -0.05) is 26.0 Å². The minimum absolute atomic E-state index is 0.0378. The average Bonchev–Trinajstić information content (AvgIpc) is 3.05. The molecule has 1 fully saturated rings. The summed E-state index contributed by atoms with van der Waals surface area (Å²) >= 11 is 0. The molecule has 11 atom stereocenters. The van der Waals surface area contributed by atoms with Crippen LogP contribution in [0.1, 0.15) is 68.2 Å². The van der Waals surface area contributed by atoms with E-state index in [1.54, 1.807) is 6.92 Å². The van der Waals surface area contributed by atoms with Crippen molar-refractivity contribution in [1.29, 1.82) is 0 Å². The van der Waals surface area contributed by atoms with E-state index in [1.807, 2.05) is 0 Å². The second-order valence-electron chi connectivity index (χ2n) is 12.3. The summed E-state index contributed by atoms with van der Waals surface area (Å²) in [5.41, 5.74) is -9.81. The second kappa shape index (κ2) is 12.2. The Bertz CT molecular complexity index is 1250. The normalized spacial score (nSPS) is 42.9. The largest absolute Gasteiger partial charge is 0.459 e. The van der Waals surface area contributed by atoms with E-state index in [-0.39, 0.29) is 12.0 Å². The van der Waals surface area contributed by atoms with Crippen molar-refractivity contribution in [3.05, 3.63) is 23.8 Å². The van der Waals surface area contributed by atoms with Crippen LogP contribution in [0.4, 0.5) is 0 Å². The molecule has 1 heterocycles. The highest BCUT2D eigenvalue weighted by Crippen LogP contribution is 2.56. The van der Waals surface area contributed by atoms with Crippen molar-refractivity contribution in [2.24, 2.45) is 11.3 Å². The van der Waals surface area contributed by atoms with E-state index >= 15 is 0 Å². The zero-order valence-electron chi connectivity index (χ0n) is 26.1. The van der Waals surface area contributed by atoms with Crippen molar-refractivity contribution in [2.45, 2.75) is 122 Å². The van der Waals surface area contributed by atoms with Crippen molar-refractivity contribution < 1.29 is 68.1 Å². The quantitative estimate of drug-likeness (QED) is 0.176. The highest BCUT2D eigenvalue weighted by molar-refractivity contribution is 5.84. The van der Waals surface area contributed by atoms with E-state index in [1.165, 1.54) is 26.0 Å².